The molecule has 1 aliphatic rings. The van der Waals surface area contributed by atoms with Gasteiger partial charge in [0, 0.05) is 19.4 Å². The predicted molar refractivity (Wildman–Crippen MR) is 112 cm³/mol. The molecule has 1 aliphatic heterocycles. The van der Waals surface area contributed by atoms with Crippen molar-refractivity contribution in [2.24, 2.45) is 0 Å². The number of hydrogen-bond acceptors (Lipinski definition) is 4. The van der Waals surface area contributed by atoms with E-state index in [0.717, 1.165) is 56.0 Å². The van der Waals surface area contributed by atoms with Gasteiger partial charge < -0.3 is 5.11 Å². The Morgan fingerprint density at radius 2 is 1.60 bits per heavy atom. The van der Waals surface area contributed by atoms with Crippen molar-refractivity contribution in [1.29, 1.82) is 0 Å². The van der Waals surface area contributed by atoms with Gasteiger partial charge in [0.2, 0.25) is 11.8 Å². The van der Waals surface area contributed by atoms with Crippen LogP contribution in [0, 0.1) is 0 Å². The highest BCUT2D eigenvalue weighted by Gasteiger charge is 2.31. The van der Waals surface area contributed by atoms with Gasteiger partial charge >= 0.3 is 11.7 Å². The van der Waals surface area contributed by atoms with Crippen molar-refractivity contribution in [3.05, 3.63) is 34.7 Å². The van der Waals surface area contributed by atoms with Gasteiger partial charge in [-0.05, 0) is 31.4 Å². The van der Waals surface area contributed by atoms with Crippen LogP contribution in [0.5, 0.6) is 0 Å². The number of amides is 2. The van der Waals surface area contributed by atoms with Gasteiger partial charge in [-0.3, -0.25) is 28.8 Å². The minimum atomic E-state index is -0.739. The van der Waals surface area contributed by atoms with E-state index in [0.29, 0.717) is 13.0 Å². The molecule has 2 aromatic rings. The first kappa shape index (κ1) is 21.8. The number of carbonyl (C=O) groups excluding carboxylic acids is 2. The first-order valence-corrected chi connectivity index (χ1v) is 10.7. The third-order valence-electron chi connectivity index (χ3n) is 5.66. The molecule has 2 amide bonds. The smallest absolute Gasteiger partial charge is 0.329 e. The van der Waals surface area contributed by atoms with Gasteiger partial charge in [0.1, 0.15) is 6.04 Å². The van der Waals surface area contributed by atoms with Crippen LogP contribution in [0.15, 0.2) is 29.1 Å². The zero-order chi connectivity index (χ0) is 21.5. The summed E-state index contributed by atoms with van der Waals surface area (Å²) in [6.07, 6.45) is 7.45. The Morgan fingerprint density at radius 3 is 2.27 bits per heavy atom. The van der Waals surface area contributed by atoms with Crippen LogP contribution in [-0.4, -0.2) is 32.0 Å². The lowest BCUT2D eigenvalue weighted by Crippen LogP contribution is -2.44. The number of hydrogen-bond donors (Lipinski definition) is 2. The zero-order valence-corrected chi connectivity index (χ0v) is 17.1. The van der Waals surface area contributed by atoms with Gasteiger partial charge in [-0.15, -0.1) is 0 Å². The summed E-state index contributed by atoms with van der Waals surface area (Å²) >= 11 is 0. The van der Waals surface area contributed by atoms with Gasteiger partial charge in [0.15, 0.2) is 0 Å². The number of imide groups is 1. The third kappa shape index (κ3) is 5.17. The fourth-order valence-corrected chi connectivity index (χ4v) is 4.11. The van der Waals surface area contributed by atoms with E-state index in [9.17, 15) is 19.2 Å². The number of rotatable bonds is 11. The molecule has 162 valence electrons. The predicted octanol–water partition coefficient (Wildman–Crippen LogP) is 2.99. The van der Waals surface area contributed by atoms with E-state index in [4.69, 9.17) is 5.11 Å². The van der Waals surface area contributed by atoms with Crippen LogP contribution >= 0.6 is 0 Å². The number of imidazole rings is 1. The van der Waals surface area contributed by atoms with E-state index in [-0.39, 0.29) is 24.4 Å². The van der Waals surface area contributed by atoms with Crippen LogP contribution in [0.3, 0.4) is 0 Å². The molecule has 1 atom stereocenters. The number of benzene rings is 1. The minimum absolute atomic E-state index is 0.209. The monoisotopic (exact) mass is 415 g/mol. The van der Waals surface area contributed by atoms with E-state index in [1.165, 1.54) is 4.57 Å². The SMILES string of the molecule is O=C(O)CCCCCCCCCn1c(=O)n(C2CCC(=O)NC2=O)c2ccccc21. The average Bonchev–Trinajstić information content (AvgIpc) is 2.98. The van der Waals surface area contributed by atoms with Gasteiger partial charge in [-0.2, -0.15) is 0 Å². The van der Waals surface area contributed by atoms with Crippen LogP contribution in [-0.2, 0) is 20.9 Å². The molecule has 0 saturated carbocycles. The van der Waals surface area contributed by atoms with Crippen molar-refractivity contribution in [2.45, 2.75) is 76.8 Å². The molecule has 2 heterocycles. The molecule has 1 unspecified atom stereocenters. The molecular weight excluding hydrogens is 386 g/mol. The fourth-order valence-electron chi connectivity index (χ4n) is 4.11. The lowest BCUT2D eigenvalue weighted by atomic mass is 10.1. The maximum absolute atomic E-state index is 13.1. The standard InChI is InChI=1S/C22H29N3O5/c26-19-14-13-18(21(29)23-19)25-17-11-8-7-10-16(17)24(22(25)30)15-9-5-3-1-2-4-6-12-20(27)28/h7-8,10-11,18H,1-6,9,12-15H2,(H,27,28)(H,23,26,29). The topological polar surface area (TPSA) is 110 Å². The number of carboxylic acids is 1. The summed E-state index contributed by atoms with van der Waals surface area (Å²) in [5.41, 5.74) is 1.32. The number of unbranched alkanes of at least 4 members (excludes halogenated alkanes) is 6. The lowest BCUT2D eigenvalue weighted by Gasteiger charge is -2.21. The summed E-state index contributed by atoms with van der Waals surface area (Å²) < 4.78 is 3.26. The number of carbonyl (C=O) groups is 3. The van der Waals surface area contributed by atoms with Gasteiger partial charge in [0.25, 0.3) is 0 Å². The Balaban J connectivity index is 1.60. The summed E-state index contributed by atoms with van der Waals surface area (Å²) in [5, 5.41) is 11.0. The Morgan fingerprint density at radius 1 is 0.967 bits per heavy atom. The van der Waals surface area contributed by atoms with E-state index < -0.39 is 17.9 Å². The number of nitrogens with one attached hydrogen (secondary N) is 1. The van der Waals surface area contributed by atoms with Crippen LogP contribution in [0.25, 0.3) is 11.0 Å². The van der Waals surface area contributed by atoms with E-state index in [1.54, 1.807) is 4.57 Å². The molecular formula is C22H29N3O5. The van der Waals surface area contributed by atoms with Crippen LogP contribution in [0.4, 0.5) is 0 Å². The quantitative estimate of drug-likeness (QED) is 0.433. The van der Waals surface area contributed by atoms with Crippen molar-refractivity contribution >= 4 is 28.8 Å². The molecule has 8 heteroatoms. The number of aliphatic carboxylic acids is 1. The number of fused-ring (bicyclic) bond motifs is 1. The number of aromatic nitrogens is 2. The molecule has 3 rings (SSSR count). The number of nitrogens with zero attached hydrogens (tertiary/aromatic N) is 2. The minimum Gasteiger partial charge on any atom is -0.481 e. The Labute approximate surface area is 174 Å². The first-order valence-electron chi connectivity index (χ1n) is 10.7. The molecule has 1 fully saturated rings. The summed E-state index contributed by atoms with van der Waals surface area (Å²) in [6, 6.07) is 6.80. The number of aryl methyl sites for hydroxylation is 1. The summed E-state index contributed by atoms with van der Waals surface area (Å²) in [7, 11) is 0. The second-order valence-corrected chi connectivity index (χ2v) is 7.88. The van der Waals surface area contributed by atoms with Crippen molar-refractivity contribution in [1.82, 2.24) is 14.5 Å². The highest BCUT2D eigenvalue weighted by atomic mass is 16.4. The van der Waals surface area contributed by atoms with Gasteiger partial charge in [-0.1, -0.05) is 44.2 Å². The molecule has 0 aliphatic carbocycles. The fraction of sp³-hybridized carbons (Fsp3) is 0.545. The molecule has 1 aromatic heterocycles. The number of piperidine rings is 1. The Bertz CT molecular complexity index is 975. The van der Waals surface area contributed by atoms with Crippen LogP contribution in [0.1, 0.15) is 70.3 Å². The van der Waals surface area contributed by atoms with E-state index in [2.05, 4.69) is 5.32 Å². The molecule has 8 nitrogen and oxygen atoms in total. The van der Waals surface area contributed by atoms with Crippen molar-refractivity contribution in [3.63, 3.8) is 0 Å². The van der Waals surface area contributed by atoms with Crippen LogP contribution < -0.4 is 11.0 Å². The highest BCUT2D eigenvalue weighted by molar-refractivity contribution is 6.00. The number of para-hydroxylation sites is 2. The summed E-state index contributed by atoms with van der Waals surface area (Å²) in [4.78, 5) is 47.4. The lowest BCUT2D eigenvalue weighted by molar-refractivity contribution is -0.137. The summed E-state index contributed by atoms with van der Waals surface area (Å²) in [5.74, 6) is -1.45. The normalized spacial score (nSPS) is 16.7. The molecule has 2 N–H and O–H groups in total. The zero-order valence-electron chi connectivity index (χ0n) is 17.1. The Kier molecular flexibility index (Phi) is 7.43. The highest BCUT2D eigenvalue weighted by Crippen LogP contribution is 2.23. The molecule has 30 heavy (non-hydrogen) atoms. The van der Waals surface area contributed by atoms with Crippen molar-refractivity contribution in [2.75, 3.05) is 0 Å². The van der Waals surface area contributed by atoms with Crippen LogP contribution in [0.2, 0.25) is 0 Å². The molecule has 0 spiro atoms. The average molecular weight is 415 g/mol. The van der Waals surface area contributed by atoms with Gasteiger partial charge in [0.05, 0.1) is 11.0 Å². The largest absolute Gasteiger partial charge is 0.481 e. The van der Waals surface area contributed by atoms with Gasteiger partial charge in [-0.25, -0.2) is 4.79 Å². The molecule has 1 aromatic carbocycles. The maximum atomic E-state index is 13.1. The molecule has 0 radical (unpaired) electrons. The Hall–Kier alpha value is -2.90. The summed E-state index contributed by atoms with van der Waals surface area (Å²) in [6.45, 7) is 0.582. The molecule has 1 saturated heterocycles. The van der Waals surface area contributed by atoms with E-state index >= 15 is 0 Å². The van der Waals surface area contributed by atoms with Crippen molar-refractivity contribution in [3.8, 4) is 0 Å². The van der Waals surface area contributed by atoms with Crippen molar-refractivity contribution < 1.29 is 19.5 Å². The second-order valence-electron chi connectivity index (χ2n) is 7.88. The van der Waals surface area contributed by atoms with E-state index in [1.807, 2.05) is 24.3 Å². The number of carboxylic acid groups (broad SMARTS) is 1. The first-order chi connectivity index (χ1) is 14.5. The maximum Gasteiger partial charge on any atom is 0.329 e. The third-order valence-corrected chi connectivity index (χ3v) is 5.66. The molecule has 0 bridgehead atoms. The second kappa shape index (κ2) is 10.2.